The van der Waals surface area contributed by atoms with Gasteiger partial charge >= 0.3 is 0 Å². The molecule has 0 atom stereocenters. The Balaban J connectivity index is 1.82. The van der Waals surface area contributed by atoms with Gasteiger partial charge in [0, 0.05) is 12.2 Å². The number of nitrogens with zero attached hydrogens (tertiary/aromatic N) is 2. The zero-order valence-corrected chi connectivity index (χ0v) is 17.5. The van der Waals surface area contributed by atoms with E-state index < -0.39 is 0 Å². The molecule has 0 aliphatic heterocycles. The second kappa shape index (κ2) is 8.61. The molecule has 146 valence electrons. The van der Waals surface area contributed by atoms with Crippen LogP contribution in [0.15, 0.2) is 52.4 Å². The van der Waals surface area contributed by atoms with Crippen molar-refractivity contribution in [3.63, 3.8) is 0 Å². The van der Waals surface area contributed by atoms with E-state index in [2.05, 4.69) is 24.1 Å². The Bertz CT molecular complexity index is 1070. The third-order valence-corrected chi connectivity index (χ3v) is 5.34. The molecular weight excluding hydrogens is 370 g/mol. The lowest BCUT2D eigenvalue weighted by atomic mass is 10.1. The highest BCUT2D eigenvalue weighted by Crippen LogP contribution is 2.20. The van der Waals surface area contributed by atoms with Crippen LogP contribution >= 0.6 is 11.8 Å². The maximum absolute atomic E-state index is 12.9. The van der Waals surface area contributed by atoms with Crippen LogP contribution in [0.2, 0.25) is 0 Å². The van der Waals surface area contributed by atoms with Crippen LogP contribution in [-0.4, -0.2) is 21.2 Å². The zero-order valence-electron chi connectivity index (χ0n) is 16.7. The number of benzene rings is 2. The second-order valence-electron chi connectivity index (χ2n) is 7.38. The van der Waals surface area contributed by atoms with E-state index in [4.69, 9.17) is 0 Å². The largest absolute Gasteiger partial charge is 0.325 e. The van der Waals surface area contributed by atoms with E-state index in [1.165, 1.54) is 11.8 Å². The molecule has 6 heteroatoms. The lowest BCUT2D eigenvalue weighted by Crippen LogP contribution is -2.26. The van der Waals surface area contributed by atoms with E-state index in [1.807, 2.05) is 50.2 Å². The Labute approximate surface area is 169 Å². The summed E-state index contributed by atoms with van der Waals surface area (Å²) >= 11 is 1.29. The van der Waals surface area contributed by atoms with Crippen LogP contribution in [0.4, 0.5) is 5.69 Å². The first-order valence-corrected chi connectivity index (χ1v) is 10.3. The quantitative estimate of drug-likeness (QED) is 0.496. The molecule has 1 heterocycles. The number of nitrogens with one attached hydrogen (secondary N) is 1. The van der Waals surface area contributed by atoms with Crippen LogP contribution in [0.5, 0.6) is 0 Å². The van der Waals surface area contributed by atoms with Gasteiger partial charge in [-0.15, -0.1) is 0 Å². The average Bonchev–Trinajstić information content (AvgIpc) is 2.65. The molecule has 3 aromatic rings. The molecule has 0 saturated carbocycles. The Hall–Kier alpha value is -2.60. The van der Waals surface area contributed by atoms with Crippen LogP contribution in [0.25, 0.3) is 10.9 Å². The number of thioether (sulfide) groups is 1. The number of carbonyl (C=O) groups is 1. The molecule has 28 heavy (non-hydrogen) atoms. The van der Waals surface area contributed by atoms with Crippen molar-refractivity contribution >= 4 is 34.3 Å². The second-order valence-corrected chi connectivity index (χ2v) is 8.32. The van der Waals surface area contributed by atoms with Gasteiger partial charge < -0.3 is 5.32 Å². The Morgan fingerprint density at radius 3 is 2.64 bits per heavy atom. The van der Waals surface area contributed by atoms with Crippen LogP contribution in [0, 0.1) is 19.8 Å². The number of aromatic nitrogens is 2. The summed E-state index contributed by atoms with van der Waals surface area (Å²) in [4.78, 5) is 30.0. The van der Waals surface area contributed by atoms with Gasteiger partial charge in [-0.2, -0.15) is 0 Å². The van der Waals surface area contributed by atoms with Gasteiger partial charge in [-0.3, -0.25) is 14.2 Å². The summed E-state index contributed by atoms with van der Waals surface area (Å²) in [5, 5.41) is 4.13. The number of hydrogen-bond acceptors (Lipinski definition) is 4. The highest BCUT2D eigenvalue weighted by molar-refractivity contribution is 7.99. The molecule has 1 amide bonds. The first kappa shape index (κ1) is 20.1. The number of para-hydroxylation sites is 1. The number of aryl methyl sites for hydroxylation is 2. The molecule has 0 unspecified atom stereocenters. The highest BCUT2D eigenvalue weighted by Gasteiger charge is 2.14. The van der Waals surface area contributed by atoms with E-state index in [0.29, 0.717) is 28.5 Å². The normalized spacial score (nSPS) is 11.2. The summed E-state index contributed by atoms with van der Waals surface area (Å²) in [6.45, 7) is 8.68. The van der Waals surface area contributed by atoms with Gasteiger partial charge in [-0.05, 0) is 43.5 Å². The monoisotopic (exact) mass is 395 g/mol. The van der Waals surface area contributed by atoms with Gasteiger partial charge in [-0.1, -0.05) is 55.4 Å². The molecule has 5 nitrogen and oxygen atoms in total. The van der Waals surface area contributed by atoms with Gasteiger partial charge in [0.1, 0.15) is 0 Å². The standard InChI is InChI=1S/C22H25N3O2S/c1-14(2)12-25-21(27)17-7-5-6-8-19(17)24-22(25)28-13-20(26)23-18-10-9-15(3)11-16(18)4/h5-11,14H,12-13H2,1-4H3,(H,23,26). The van der Waals surface area contributed by atoms with Crippen molar-refractivity contribution < 1.29 is 4.79 Å². The molecule has 0 saturated heterocycles. The molecule has 1 aromatic heterocycles. The van der Waals surface area contributed by atoms with Crippen LogP contribution in [0.3, 0.4) is 0 Å². The molecule has 0 radical (unpaired) electrons. The van der Waals surface area contributed by atoms with E-state index in [1.54, 1.807) is 10.6 Å². The van der Waals surface area contributed by atoms with Crippen molar-refractivity contribution in [3.05, 3.63) is 63.9 Å². The predicted octanol–water partition coefficient (Wildman–Crippen LogP) is 4.40. The van der Waals surface area contributed by atoms with E-state index in [-0.39, 0.29) is 17.2 Å². The minimum Gasteiger partial charge on any atom is -0.325 e. The number of rotatable bonds is 6. The van der Waals surface area contributed by atoms with E-state index >= 15 is 0 Å². The van der Waals surface area contributed by atoms with Gasteiger partial charge in [-0.25, -0.2) is 4.98 Å². The first-order valence-electron chi connectivity index (χ1n) is 9.34. The fourth-order valence-electron chi connectivity index (χ4n) is 3.05. The molecule has 0 bridgehead atoms. The zero-order chi connectivity index (χ0) is 20.3. The van der Waals surface area contributed by atoms with Crippen molar-refractivity contribution in [2.75, 3.05) is 11.1 Å². The number of carbonyl (C=O) groups excluding carboxylic acids is 1. The van der Waals surface area contributed by atoms with Crippen LogP contribution in [0.1, 0.15) is 25.0 Å². The minimum absolute atomic E-state index is 0.0587. The Morgan fingerprint density at radius 2 is 1.93 bits per heavy atom. The smallest absolute Gasteiger partial charge is 0.262 e. The third kappa shape index (κ3) is 4.62. The van der Waals surface area contributed by atoms with Crippen LogP contribution in [-0.2, 0) is 11.3 Å². The summed E-state index contributed by atoms with van der Waals surface area (Å²) in [7, 11) is 0. The molecule has 2 aromatic carbocycles. The first-order chi connectivity index (χ1) is 13.3. The lowest BCUT2D eigenvalue weighted by Gasteiger charge is -2.15. The topological polar surface area (TPSA) is 64.0 Å². The van der Waals surface area contributed by atoms with Crippen molar-refractivity contribution in [2.24, 2.45) is 5.92 Å². The number of hydrogen-bond donors (Lipinski definition) is 1. The number of amides is 1. The molecule has 0 aliphatic carbocycles. The fraction of sp³-hybridized carbons (Fsp3) is 0.318. The van der Waals surface area contributed by atoms with Gasteiger partial charge in [0.15, 0.2) is 5.16 Å². The Morgan fingerprint density at radius 1 is 1.18 bits per heavy atom. The minimum atomic E-state index is -0.115. The Kier molecular flexibility index (Phi) is 6.19. The third-order valence-electron chi connectivity index (χ3n) is 4.36. The SMILES string of the molecule is Cc1ccc(NC(=O)CSc2nc3ccccc3c(=O)n2CC(C)C)c(C)c1. The molecular formula is C22H25N3O2S. The fourth-order valence-corrected chi connectivity index (χ4v) is 3.86. The van der Waals surface area contributed by atoms with Crippen molar-refractivity contribution in [1.29, 1.82) is 0 Å². The van der Waals surface area contributed by atoms with E-state index in [0.717, 1.165) is 16.8 Å². The number of fused-ring (bicyclic) bond motifs is 1. The van der Waals surface area contributed by atoms with Crippen molar-refractivity contribution in [1.82, 2.24) is 9.55 Å². The highest BCUT2D eigenvalue weighted by atomic mass is 32.2. The summed E-state index contributed by atoms with van der Waals surface area (Å²) < 4.78 is 1.68. The molecule has 3 rings (SSSR count). The van der Waals surface area contributed by atoms with Gasteiger partial charge in [0.25, 0.3) is 5.56 Å². The van der Waals surface area contributed by atoms with Gasteiger partial charge in [0.2, 0.25) is 5.91 Å². The number of anilines is 1. The molecule has 0 spiro atoms. The van der Waals surface area contributed by atoms with E-state index in [9.17, 15) is 9.59 Å². The lowest BCUT2D eigenvalue weighted by molar-refractivity contribution is -0.113. The maximum Gasteiger partial charge on any atom is 0.262 e. The van der Waals surface area contributed by atoms with Gasteiger partial charge in [0.05, 0.1) is 16.7 Å². The maximum atomic E-state index is 12.9. The summed E-state index contributed by atoms with van der Waals surface area (Å²) in [6, 6.07) is 13.3. The summed E-state index contributed by atoms with van der Waals surface area (Å²) in [6.07, 6.45) is 0. The van der Waals surface area contributed by atoms with Crippen molar-refractivity contribution in [3.8, 4) is 0 Å². The predicted molar refractivity (Wildman–Crippen MR) is 116 cm³/mol. The summed E-state index contributed by atoms with van der Waals surface area (Å²) in [5.74, 6) is 0.371. The van der Waals surface area contributed by atoms with Crippen LogP contribution < -0.4 is 10.9 Å². The van der Waals surface area contributed by atoms with Crippen molar-refractivity contribution in [2.45, 2.75) is 39.4 Å². The molecule has 1 N–H and O–H groups in total. The average molecular weight is 396 g/mol. The molecule has 0 fully saturated rings. The molecule has 0 aliphatic rings. The summed E-state index contributed by atoms with van der Waals surface area (Å²) in [5.41, 5.74) is 3.59.